The molecular formula is C10H10N2O5. The predicted octanol–water partition coefficient (Wildman–Crippen LogP) is 1.34. The molecule has 0 spiro atoms. The van der Waals surface area contributed by atoms with E-state index in [9.17, 15) is 4.79 Å². The van der Waals surface area contributed by atoms with Gasteiger partial charge >= 0.3 is 12.0 Å². The summed E-state index contributed by atoms with van der Waals surface area (Å²) < 4.78 is 19.6. The molecule has 0 fully saturated rings. The van der Waals surface area contributed by atoms with Crippen LogP contribution in [0.2, 0.25) is 0 Å². The summed E-state index contributed by atoms with van der Waals surface area (Å²) in [5.74, 6) is 0.319. The zero-order chi connectivity index (χ0) is 12.3. The standard InChI is InChI=1S/C10H10N2O5/c1-6-11-10(17-12-6)16-5-8-7(3-4-15-8)9(13)14-2/h3-4H,5H2,1-2H3. The lowest BCUT2D eigenvalue weighted by Gasteiger charge is -2.00. The van der Waals surface area contributed by atoms with Gasteiger partial charge in [0.2, 0.25) is 0 Å². The van der Waals surface area contributed by atoms with Crippen molar-refractivity contribution in [3.63, 3.8) is 0 Å². The minimum atomic E-state index is -0.487. The van der Waals surface area contributed by atoms with Gasteiger partial charge in [-0.1, -0.05) is 5.16 Å². The third kappa shape index (κ3) is 2.44. The molecule has 0 saturated carbocycles. The molecule has 0 aliphatic carbocycles. The highest BCUT2D eigenvalue weighted by molar-refractivity contribution is 5.90. The number of furan rings is 1. The lowest BCUT2D eigenvalue weighted by molar-refractivity contribution is 0.0594. The Morgan fingerprint density at radius 2 is 2.35 bits per heavy atom. The molecule has 0 amide bonds. The lowest BCUT2D eigenvalue weighted by atomic mass is 10.2. The molecule has 0 saturated heterocycles. The van der Waals surface area contributed by atoms with Crippen LogP contribution >= 0.6 is 0 Å². The normalized spacial score (nSPS) is 10.2. The van der Waals surface area contributed by atoms with Crippen LogP contribution in [0.4, 0.5) is 0 Å². The predicted molar refractivity (Wildman–Crippen MR) is 53.4 cm³/mol. The van der Waals surface area contributed by atoms with E-state index in [2.05, 4.69) is 14.9 Å². The number of methoxy groups -OCH3 is 1. The molecule has 7 nitrogen and oxygen atoms in total. The molecule has 0 aliphatic heterocycles. The van der Waals surface area contributed by atoms with Crippen molar-refractivity contribution in [1.82, 2.24) is 10.1 Å². The molecule has 90 valence electrons. The average Bonchev–Trinajstić information content (AvgIpc) is 2.94. The lowest BCUT2D eigenvalue weighted by Crippen LogP contribution is -2.05. The number of hydrogen-bond acceptors (Lipinski definition) is 7. The van der Waals surface area contributed by atoms with Crippen molar-refractivity contribution in [3.05, 3.63) is 29.5 Å². The van der Waals surface area contributed by atoms with E-state index in [0.717, 1.165) is 0 Å². The van der Waals surface area contributed by atoms with Crippen molar-refractivity contribution in [1.29, 1.82) is 0 Å². The SMILES string of the molecule is COC(=O)c1ccoc1COc1nc(C)no1. The molecule has 0 aromatic carbocycles. The van der Waals surface area contributed by atoms with Gasteiger partial charge in [0.1, 0.15) is 5.56 Å². The van der Waals surface area contributed by atoms with E-state index in [4.69, 9.17) is 13.7 Å². The summed E-state index contributed by atoms with van der Waals surface area (Å²) in [6.07, 6.45) is 1.40. The molecule has 0 atom stereocenters. The van der Waals surface area contributed by atoms with Gasteiger partial charge in [-0.3, -0.25) is 4.52 Å². The summed E-state index contributed by atoms with van der Waals surface area (Å²) in [6.45, 7) is 1.68. The van der Waals surface area contributed by atoms with E-state index >= 15 is 0 Å². The van der Waals surface area contributed by atoms with Gasteiger partial charge in [-0.2, -0.15) is 4.98 Å². The van der Waals surface area contributed by atoms with E-state index in [1.807, 2.05) is 0 Å². The molecule has 2 heterocycles. The number of nitrogens with zero attached hydrogens (tertiary/aromatic N) is 2. The highest BCUT2D eigenvalue weighted by atomic mass is 16.6. The zero-order valence-electron chi connectivity index (χ0n) is 9.30. The molecule has 0 aliphatic rings. The monoisotopic (exact) mass is 238 g/mol. The first kappa shape index (κ1) is 11.2. The quantitative estimate of drug-likeness (QED) is 0.742. The van der Waals surface area contributed by atoms with Crippen LogP contribution in [0.5, 0.6) is 6.08 Å². The molecule has 2 rings (SSSR count). The highest BCUT2D eigenvalue weighted by Crippen LogP contribution is 2.15. The highest BCUT2D eigenvalue weighted by Gasteiger charge is 2.16. The van der Waals surface area contributed by atoms with Crippen LogP contribution in [0, 0.1) is 6.92 Å². The number of aryl methyl sites for hydroxylation is 1. The van der Waals surface area contributed by atoms with Gasteiger partial charge in [0.15, 0.2) is 18.2 Å². The van der Waals surface area contributed by atoms with Crippen LogP contribution < -0.4 is 4.74 Å². The van der Waals surface area contributed by atoms with E-state index in [1.165, 1.54) is 19.4 Å². The zero-order valence-corrected chi connectivity index (χ0v) is 9.30. The Labute approximate surface area is 96.3 Å². The van der Waals surface area contributed by atoms with Crippen LogP contribution in [0.25, 0.3) is 0 Å². The van der Waals surface area contributed by atoms with Crippen LogP contribution in [-0.2, 0) is 11.3 Å². The van der Waals surface area contributed by atoms with Gasteiger partial charge in [-0.15, -0.1) is 0 Å². The van der Waals surface area contributed by atoms with Crippen molar-refractivity contribution in [3.8, 4) is 6.08 Å². The van der Waals surface area contributed by atoms with Gasteiger partial charge in [0.05, 0.1) is 13.4 Å². The van der Waals surface area contributed by atoms with Crippen LogP contribution in [-0.4, -0.2) is 23.2 Å². The maximum atomic E-state index is 11.3. The molecule has 0 bridgehead atoms. The minimum absolute atomic E-state index is 0.0130. The molecule has 17 heavy (non-hydrogen) atoms. The van der Waals surface area contributed by atoms with Crippen LogP contribution in [0.1, 0.15) is 21.9 Å². The first-order chi connectivity index (χ1) is 8.20. The number of rotatable bonds is 4. The number of carbonyl (C=O) groups excluding carboxylic acids is 1. The molecule has 0 radical (unpaired) electrons. The maximum Gasteiger partial charge on any atom is 0.417 e. The summed E-state index contributed by atoms with van der Waals surface area (Å²) in [7, 11) is 1.29. The fourth-order valence-electron chi connectivity index (χ4n) is 1.21. The van der Waals surface area contributed by atoms with Crippen LogP contribution in [0.15, 0.2) is 21.3 Å². The molecule has 2 aromatic rings. The molecular weight excluding hydrogens is 228 g/mol. The number of carbonyl (C=O) groups is 1. The maximum absolute atomic E-state index is 11.3. The second kappa shape index (κ2) is 4.69. The topological polar surface area (TPSA) is 87.6 Å². The minimum Gasteiger partial charge on any atom is -0.465 e. The Hall–Kier alpha value is -2.31. The van der Waals surface area contributed by atoms with Crippen molar-refractivity contribution in [2.75, 3.05) is 7.11 Å². The second-order valence-corrected chi connectivity index (χ2v) is 3.15. The van der Waals surface area contributed by atoms with Crippen molar-refractivity contribution >= 4 is 5.97 Å². The molecule has 0 unspecified atom stereocenters. The van der Waals surface area contributed by atoms with Gasteiger partial charge in [-0.05, 0) is 13.0 Å². The third-order valence-corrected chi connectivity index (χ3v) is 1.99. The largest absolute Gasteiger partial charge is 0.465 e. The molecule has 0 N–H and O–H groups in total. The summed E-state index contributed by atoms with van der Waals surface area (Å²) >= 11 is 0. The number of ether oxygens (including phenoxy) is 2. The second-order valence-electron chi connectivity index (χ2n) is 3.15. The van der Waals surface area contributed by atoms with Crippen molar-refractivity contribution < 1.29 is 23.2 Å². The van der Waals surface area contributed by atoms with E-state index in [1.54, 1.807) is 6.92 Å². The number of aromatic nitrogens is 2. The van der Waals surface area contributed by atoms with Crippen molar-refractivity contribution in [2.45, 2.75) is 13.5 Å². The fourth-order valence-corrected chi connectivity index (χ4v) is 1.21. The first-order valence-electron chi connectivity index (χ1n) is 4.78. The molecule has 2 aromatic heterocycles. The van der Waals surface area contributed by atoms with Crippen molar-refractivity contribution in [2.24, 2.45) is 0 Å². The molecule has 7 heteroatoms. The van der Waals surface area contributed by atoms with E-state index in [0.29, 0.717) is 17.1 Å². The Kier molecular flexibility index (Phi) is 3.08. The summed E-state index contributed by atoms with van der Waals surface area (Å²) in [4.78, 5) is 15.2. The number of hydrogen-bond donors (Lipinski definition) is 0. The first-order valence-corrected chi connectivity index (χ1v) is 4.78. The summed E-state index contributed by atoms with van der Waals surface area (Å²) in [5.41, 5.74) is 0.309. The smallest absolute Gasteiger partial charge is 0.417 e. The van der Waals surface area contributed by atoms with E-state index < -0.39 is 5.97 Å². The van der Waals surface area contributed by atoms with Gasteiger partial charge < -0.3 is 13.9 Å². The van der Waals surface area contributed by atoms with Crippen LogP contribution in [0.3, 0.4) is 0 Å². The Morgan fingerprint density at radius 1 is 1.53 bits per heavy atom. The van der Waals surface area contributed by atoms with Gasteiger partial charge in [0.25, 0.3) is 0 Å². The fraction of sp³-hybridized carbons (Fsp3) is 0.300. The summed E-state index contributed by atoms with van der Waals surface area (Å²) in [5, 5.41) is 3.56. The van der Waals surface area contributed by atoms with Gasteiger partial charge in [-0.25, -0.2) is 4.79 Å². The Bertz CT molecular complexity index is 516. The third-order valence-electron chi connectivity index (χ3n) is 1.99. The average molecular weight is 238 g/mol. The Morgan fingerprint density at radius 3 is 3.00 bits per heavy atom. The van der Waals surface area contributed by atoms with E-state index in [-0.39, 0.29) is 12.7 Å². The van der Waals surface area contributed by atoms with Gasteiger partial charge in [0, 0.05) is 0 Å². The summed E-state index contributed by atoms with van der Waals surface area (Å²) in [6, 6.07) is 1.50. The Balaban J connectivity index is 2.04. The number of esters is 1.